The molecule has 4 heterocycles. The number of rotatable bonds is 4. The third-order valence-electron chi connectivity index (χ3n) is 4.26. The number of fused-ring (bicyclic) bond motifs is 1. The largest absolute Gasteiger partial charge is 0.480 e. The van der Waals surface area contributed by atoms with Crippen molar-refractivity contribution in [3.63, 3.8) is 0 Å². The monoisotopic (exact) mass is 440 g/mol. The Bertz CT molecular complexity index is 1150. The van der Waals surface area contributed by atoms with E-state index in [9.17, 15) is 18.3 Å². The first-order valence-electron chi connectivity index (χ1n) is 8.04. The molecule has 4 rings (SSSR count). The maximum Gasteiger partial charge on any atom is 0.323 e. The molecule has 1 N–H and O–H groups in total. The fourth-order valence-electron chi connectivity index (χ4n) is 2.93. The van der Waals surface area contributed by atoms with Gasteiger partial charge in [0.05, 0.1) is 16.7 Å². The Balaban J connectivity index is 1.63. The average molecular weight is 441 g/mol. The maximum atomic E-state index is 12.9. The van der Waals surface area contributed by atoms with Gasteiger partial charge in [0.25, 0.3) is 10.0 Å². The zero-order valence-corrected chi connectivity index (χ0v) is 16.5. The molecular weight excluding hydrogens is 428 g/mol. The number of carbonyl (C=O) groups is 1. The smallest absolute Gasteiger partial charge is 0.323 e. The Hall–Kier alpha value is -2.41. The van der Waals surface area contributed by atoms with Crippen molar-refractivity contribution in [2.24, 2.45) is 0 Å². The molecular formula is C15H13ClN6O4S2. The van der Waals surface area contributed by atoms with Gasteiger partial charge in [0.2, 0.25) is 0 Å². The topological polar surface area (TPSA) is 129 Å². The summed E-state index contributed by atoms with van der Waals surface area (Å²) < 4.78 is 27.1. The lowest BCUT2D eigenvalue weighted by atomic mass is 10.2. The predicted molar refractivity (Wildman–Crippen MR) is 102 cm³/mol. The van der Waals surface area contributed by atoms with E-state index in [1.165, 1.54) is 30.9 Å². The van der Waals surface area contributed by atoms with E-state index in [0.29, 0.717) is 21.3 Å². The lowest BCUT2D eigenvalue weighted by molar-refractivity contribution is -0.141. The lowest BCUT2D eigenvalue weighted by Gasteiger charge is -2.38. The van der Waals surface area contributed by atoms with Crippen LogP contribution in [0.3, 0.4) is 0 Å². The van der Waals surface area contributed by atoms with Crippen molar-refractivity contribution < 1.29 is 18.3 Å². The summed E-state index contributed by atoms with van der Waals surface area (Å²) in [7, 11) is -3.97. The molecule has 0 radical (unpaired) electrons. The number of piperazine rings is 1. The molecule has 28 heavy (non-hydrogen) atoms. The number of hydrogen-bond acceptors (Lipinski definition) is 9. The van der Waals surface area contributed by atoms with Crippen LogP contribution in [0.15, 0.2) is 35.1 Å². The third-order valence-corrected chi connectivity index (χ3v) is 7.87. The van der Waals surface area contributed by atoms with Gasteiger partial charge in [-0.3, -0.25) is 4.79 Å². The molecule has 1 aliphatic rings. The van der Waals surface area contributed by atoms with E-state index in [1.807, 2.05) is 0 Å². The Morgan fingerprint density at radius 1 is 1.25 bits per heavy atom. The van der Waals surface area contributed by atoms with Crippen LogP contribution in [0.25, 0.3) is 11.2 Å². The Labute approximate surface area is 168 Å². The molecule has 10 nitrogen and oxygen atoms in total. The molecule has 1 saturated heterocycles. The number of hydrogen-bond donors (Lipinski definition) is 1. The number of aliphatic carboxylic acids is 1. The summed E-state index contributed by atoms with van der Waals surface area (Å²) in [6, 6.07) is 1.57. The SMILES string of the molecule is O=C(O)C1CN(c2cnc3cncnc3n2)CCN1S(=O)(=O)c1ccc(Cl)s1. The minimum Gasteiger partial charge on any atom is -0.480 e. The van der Waals surface area contributed by atoms with Crippen molar-refractivity contribution in [2.45, 2.75) is 10.3 Å². The van der Waals surface area contributed by atoms with Gasteiger partial charge in [-0.25, -0.2) is 28.4 Å². The van der Waals surface area contributed by atoms with Crippen LogP contribution in [-0.2, 0) is 14.8 Å². The molecule has 1 unspecified atom stereocenters. The van der Waals surface area contributed by atoms with E-state index in [1.54, 1.807) is 4.90 Å². The Kier molecular flexibility index (Phi) is 4.87. The van der Waals surface area contributed by atoms with Crippen LogP contribution < -0.4 is 4.90 Å². The number of nitrogens with zero attached hydrogens (tertiary/aromatic N) is 6. The molecule has 13 heteroatoms. The van der Waals surface area contributed by atoms with E-state index < -0.39 is 22.0 Å². The van der Waals surface area contributed by atoms with Crippen LogP contribution in [0.5, 0.6) is 0 Å². The second-order valence-electron chi connectivity index (χ2n) is 5.93. The van der Waals surface area contributed by atoms with Gasteiger partial charge in [-0.05, 0) is 12.1 Å². The average Bonchev–Trinajstić information content (AvgIpc) is 3.14. The van der Waals surface area contributed by atoms with Crippen LogP contribution in [0.4, 0.5) is 5.82 Å². The summed E-state index contributed by atoms with van der Waals surface area (Å²) in [5.74, 6) is -0.819. The predicted octanol–water partition coefficient (Wildman–Crippen LogP) is 1.10. The number of carboxylic acid groups (broad SMARTS) is 1. The van der Waals surface area contributed by atoms with Crippen LogP contribution in [0.2, 0.25) is 4.34 Å². The van der Waals surface area contributed by atoms with E-state index in [0.717, 1.165) is 15.6 Å². The summed E-state index contributed by atoms with van der Waals surface area (Å²) >= 11 is 6.73. The molecule has 0 aliphatic carbocycles. The number of carboxylic acids is 1. The zero-order valence-electron chi connectivity index (χ0n) is 14.1. The lowest BCUT2D eigenvalue weighted by Crippen LogP contribution is -2.58. The van der Waals surface area contributed by atoms with Gasteiger partial charge in [-0.15, -0.1) is 11.3 Å². The van der Waals surface area contributed by atoms with Crippen molar-refractivity contribution in [3.8, 4) is 0 Å². The van der Waals surface area contributed by atoms with Gasteiger partial charge >= 0.3 is 5.97 Å². The van der Waals surface area contributed by atoms with Crippen molar-refractivity contribution in [3.05, 3.63) is 35.2 Å². The van der Waals surface area contributed by atoms with Gasteiger partial charge in [-0.1, -0.05) is 11.6 Å². The normalized spacial score (nSPS) is 18.5. The molecule has 1 fully saturated rings. The van der Waals surface area contributed by atoms with Gasteiger partial charge in [-0.2, -0.15) is 4.31 Å². The molecule has 1 atom stereocenters. The third kappa shape index (κ3) is 3.39. The van der Waals surface area contributed by atoms with Crippen molar-refractivity contribution in [2.75, 3.05) is 24.5 Å². The minimum absolute atomic E-state index is 0.0133. The van der Waals surface area contributed by atoms with Crippen molar-refractivity contribution >= 4 is 55.9 Å². The van der Waals surface area contributed by atoms with Crippen LogP contribution in [0, 0.1) is 0 Å². The number of halogens is 1. The second kappa shape index (κ2) is 7.20. The summed E-state index contributed by atoms with van der Waals surface area (Å²) in [6.45, 7) is 0.171. The Morgan fingerprint density at radius 3 is 2.79 bits per heavy atom. The first kappa shape index (κ1) is 18.9. The van der Waals surface area contributed by atoms with E-state index in [-0.39, 0.29) is 23.8 Å². The fourth-order valence-corrected chi connectivity index (χ4v) is 6.10. The first-order chi connectivity index (χ1) is 13.4. The minimum atomic E-state index is -3.97. The fraction of sp³-hybridized carbons (Fsp3) is 0.267. The van der Waals surface area contributed by atoms with Crippen LogP contribution in [-0.4, -0.2) is 69.4 Å². The highest BCUT2D eigenvalue weighted by Crippen LogP contribution is 2.30. The molecule has 146 valence electrons. The highest BCUT2D eigenvalue weighted by Gasteiger charge is 2.41. The van der Waals surface area contributed by atoms with Crippen molar-refractivity contribution in [1.82, 2.24) is 24.2 Å². The van der Waals surface area contributed by atoms with Crippen molar-refractivity contribution in [1.29, 1.82) is 0 Å². The molecule has 0 spiro atoms. The summed E-state index contributed by atoms with van der Waals surface area (Å²) in [5, 5.41) is 9.65. The molecule has 0 aromatic carbocycles. The molecule has 0 amide bonds. The number of thiophene rings is 1. The summed E-state index contributed by atoms with van der Waals surface area (Å²) in [5.41, 5.74) is 0.888. The van der Waals surface area contributed by atoms with Gasteiger partial charge in [0.15, 0.2) is 5.65 Å². The quantitative estimate of drug-likeness (QED) is 0.633. The zero-order chi connectivity index (χ0) is 19.9. The van der Waals surface area contributed by atoms with Crippen LogP contribution >= 0.6 is 22.9 Å². The summed E-state index contributed by atoms with van der Waals surface area (Å²) in [6.07, 6.45) is 4.36. The molecule has 3 aromatic rings. The van der Waals surface area contributed by atoms with Crippen LogP contribution in [0.1, 0.15) is 0 Å². The van der Waals surface area contributed by atoms with E-state index >= 15 is 0 Å². The first-order valence-corrected chi connectivity index (χ1v) is 10.7. The van der Waals surface area contributed by atoms with Gasteiger partial charge in [0, 0.05) is 19.6 Å². The second-order valence-corrected chi connectivity index (χ2v) is 9.77. The standard InChI is InChI=1S/C15H13ClN6O4S2/c16-11-1-2-13(27-11)28(25,26)22-4-3-21(7-10(22)15(23)24)12-6-18-9-5-17-8-19-14(9)20-12/h1-2,5-6,8,10H,3-4,7H2,(H,23,24). The maximum absolute atomic E-state index is 12.9. The number of aromatic nitrogens is 4. The van der Waals surface area contributed by atoms with E-state index in [4.69, 9.17) is 11.6 Å². The molecule has 0 bridgehead atoms. The van der Waals surface area contributed by atoms with E-state index in [2.05, 4.69) is 19.9 Å². The summed E-state index contributed by atoms with van der Waals surface area (Å²) in [4.78, 5) is 30.0. The number of anilines is 1. The number of sulfonamides is 1. The highest BCUT2D eigenvalue weighted by molar-refractivity contribution is 7.91. The molecule has 3 aromatic heterocycles. The van der Waals surface area contributed by atoms with Gasteiger partial charge < -0.3 is 10.0 Å². The molecule has 1 aliphatic heterocycles. The van der Waals surface area contributed by atoms with Gasteiger partial charge in [0.1, 0.15) is 27.9 Å². The highest BCUT2D eigenvalue weighted by atomic mass is 35.5. The Morgan fingerprint density at radius 2 is 2.07 bits per heavy atom. The molecule has 0 saturated carbocycles.